The van der Waals surface area contributed by atoms with Crippen molar-refractivity contribution in [3.63, 3.8) is 0 Å². The molecule has 0 N–H and O–H groups in total. The van der Waals surface area contributed by atoms with E-state index in [4.69, 9.17) is 23.2 Å². The second kappa shape index (κ2) is 10.1. The van der Waals surface area contributed by atoms with E-state index in [0.717, 1.165) is 30.8 Å². The molecule has 0 bridgehead atoms. The summed E-state index contributed by atoms with van der Waals surface area (Å²) in [7, 11) is 1.74. The predicted molar refractivity (Wildman–Crippen MR) is 115 cm³/mol. The molecule has 1 aromatic carbocycles. The van der Waals surface area contributed by atoms with Gasteiger partial charge in [0.1, 0.15) is 5.82 Å². The molecule has 1 aliphatic heterocycles. The Morgan fingerprint density at radius 1 is 1.10 bits per heavy atom. The lowest BCUT2D eigenvalue weighted by Gasteiger charge is -2.25. The van der Waals surface area contributed by atoms with Crippen LogP contribution in [0.5, 0.6) is 0 Å². The Balaban J connectivity index is 1.53. The Morgan fingerprint density at radius 2 is 1.87 bits per heavy atom. The zero-order valence-electron chi connectivity index (χ0n) is 17.0. The second-order valence-electron chi connectivity index (χ2n) is 7.52. The van der Waals surface area contributed by atoms with Crippen molar-refractivity contribution in [1.29, 1.82) is 0 Å². The number of hydrogen-bond acceptors (Lipinski definition) is 4. The van der Waals surface area contributed by atoms with Crippen molar-refractivity contribution in [1.82, 2.24) is 14.8 Å². The van der Waals surface area contributed by atoms with Crippen molar-refractivity contribution in [3.05, 3.63) is 57.7 Å². The van der Waals surface area contributed by atoms with Gasteiger partial charge in [-0.25, -0.2) is 4.98 Å². The molecule has 0 spiro atoms. The summed E-state index contributed by atoms with van der Waals surface area (Å²) in [6.07, 6.45) is -2.75. The topological polar surface area (TPSA) is 39.7 Å². The Kier molecular flexibility index (Phi) is 7.67. The molecule has 2 heterocycles. The molecule has 0 atom stereocenters. The molecule has 0 saturated carbocycles. The second-order valence-corrected chi connectivity index (χ2v) is 8.33. The molecule has 0 unspecified atom stereocenters. The number of pyridine rings is 1. The standard InChI is InChI=1S/C21H23Cl2F3N4O/c1-28(13-15-3-5-17(22)18(23)11-15)20(31)14-29-7-2-8-30(10-9-29)19-6-4-16(12-27-19)21(24,25)26/h3-6,11-12H,2,7-10,13-14H2,1H3. The van der Waals surface area contributed by atoms with E-state index in [0.29, 0.717) is 42.0 Å². The number of benzene rings is 1. The largest absolute Gasteiger partial charge is 0.417 e. The van der Waals surface area contributed by atoms with Crippen molar-refractivity contribution in [3.8, 4) is 0 Å². The van der Waals surface area contributed by atoms with E-state index >= 15 is 0 Å². The molecule has 2 aromatic rings. The number of amides is 1. The molecule has 1 amide bonds. The summed E-state index contributed by atoms with van der Waals surface area (Å²) in [5.74, 6) is 0.491. The molecule has 1 aromatic heterocycles. The van der Waals surface area contributed by atoms with E-state index in [1.165, 1.54) is 6.07 Å². The molecule has 0 radical (unpaired) electrons. The molecule has 5 nitrogen and oxygen atoms in total. The van der Waals surface area contributed by atoms with Gasteiger partial charge in [0.2, 0.25) is 5.91 Å². The number of alkyl halides is 3. The van der Waals surface area contributed by atoms with Gasteiger partial charge in [-0.1, -0.05) is 29.3 Å². The number of likely N-dealkylation sites (N-methyl/N-ethyl adjacent to an activating group) is 1. The first kappa shape index (κ1) is 23.6. The Labute approximate surface area is 189 Å². The number of carbonyl (C=O) groups is 1. The van der Waals surface area contributed by atoms with Crippen LogP contribution in [0.25, 0.3) is 0 Å². The van der Waals surface area contributed by atoms with Gasteiger partial charge in [0.25, 0.3) is 0 Å². The Morgan fingerprint density at radius 3 is 2.52 bits per heavy atom. The number of halogens is 5. The summed E-state index contributed by atoms with van der Waals surface area (Å²) in [6.45, 7) is 3.29. The van der Waals surface area contributed by atoms with E-state index in [1.807, 2.05) is 11.0 Å². The van der Waals surface area contributed by atoms with Crippen molar-refractivity contribution in [2.24, 2.45) is 0 Å². The van der Waals surface area contributed by atoms with Crippen LogP contribution in [-0.2, 0) is 17.5 Å². The third kappa shape index (κ3) is 6.48. The number of aromatic nitrogens is 1. The zero-order valence-corrected chi connectivity index (χ0v) is 18.5. The normalized spacial score (nSPS) is 15.6. The summed E-state index contributed by atoms with van der Waals surface area (Å²) in [5.41, 5.74) is 0.129. The van der Waals surface area contributed by atoms with Gasteiger partial charge in [0, 0.05) is 46.0 Å². The van der Waals surface area contributed by atoms with Crippen LogP contribution in [0.1, 0.15) is 17.5 Å². The maximum absolute atomic E-state index is 12.7. The predicted octanol–water partition coefficient (Wildman–Crippen LogP) is 4.58. The molecule has 1 fully saturated rings. The fourth-order valence-corrected chi connectivity index (χ4v) is 3.73. The highest BCUT2D eigenvalue weighted by Gasteiger charge is 2.31. The van der Waals surface area contributed by atoms with Gasteiger partial charge >= 0.3 is 6.18 Å². The average Bonchev–Trinajstić information content (AvgIpc) is 2.96. The molecule has 31 heavy (non-hydrogen) atoms. The van der Waals surface area contributed by atoms with Gasteiger partial charge in [0.15, 0.2) is 0 Å². The van der Waals surface area contributed by atoms with E-state index in [9.17, 15) is 18.0 Å². The average molecular weight is 475 g/mol. The summed E-state index contributed by atoms with van der Waals surface area (Å²) in [6, 6.07) is 7.73. The fraction of sp³-hybridized carbons (Fsp3) is 0.429. The lowest BCUT2D eigenvalue weighted by molar-refractivity contribution is -0.137. The number of hydrogen-bond donors (Lipinski definition) is 0. The first-order valence-electron chi connectivity index (χ1n) is 9.82. The number of carbonyl (C=O) groups excluding carboxylic acids is 1. The quantitative estimate of drug-likeness (QED) is 0.635. The minimum atomic E-state index is -4.40. The van der Waals surface area contributed by atoms with E-state index in [1.54, 1.807) is 24.1 Å². The third-order valence-electron chi connectivity index (χ3n) is 5.18. The summed E-state index contributed by atoms with van der Waals surface area (Å²) in [4.78, 5) is 22.3. The minimum Gasteiger partial charge on any atom is -0.355 e. The third-order valence-corrected chi connectivity index (χ3v) is 5.92. The van der Waals surface area contributed by atoms with Gasteiger partial charge in [-0.3, -0.25) is 9.69 Å². The van der Waals surface area contributed by atoms with Gasteiger partial charge in [-0.2, -0.15) is 13.2 Å². The molecular weight excluding hydrogens is 452 g/mol. The SMILES string of the molecule is CN(Cc1ccc(Cl)c(Cl)c1)C(=O)CN1CCCN(c2ccc(C(F)(F)F)cn2)CC1. The van der Waals surface area contributed by atoms with Gasteiger partial charge in [-0.15, -0.1) is 0 Å². The molecule has 168 valence electrons. The van der Waals surface area contributed by atoms with Gasteiger partial charge in [0.05, 0.1) is 22.2 Å². The maximum atomic E-state index is 12.7. The fourth-order valence-electron chi connectivity index (χ4n) is 3.41. The van der Waals surface area contributed by atoms with Crippen LogP contribution < -0.4 is 4.90 Å². The zero-order chi connectivity index (χ0) is 22.6. The smallest absolute Gasteiger partial charge is 0.355 e. The van der Waals surface area contributed by atoms with Crippen LogP contribution in [-0.4, -0.2) is 60.5 Å². The lowest BCUT2D eigenvalue weighted by Crippen LogP contribution is -2.40. The highest BCUT2D eigenvalue weighted by molar-refractivity contribution is 6.42. The number of nitrogens with zero attached hydrogens (tertiary/aromatic N) is 4. The van der Waals surface area contributed by atoms with Crippen molar-refractivity contribution in [2.45, 2.75) is 19.1 Å². The van der Waals surface area contributed by atoms with Crippen LogP contribution in [0.3, 0.4) is 0 Å². The number of anilines is 1. The van der Waals surface area contributed by atoms with Crippen LogP contribution in [0.4, 0.5) is 19.0 Å². The maximum Gasteiger partial charge on any atom is 0.417 e. The van der Waals surface area contributed by atoms with Crippen LogP contribution in [0.2, 0.25) is 10.0 Å². The molecule has 0 aliphatic carbocycles. The molecule has 1 aliphatic rings. The number of rotatable bonds is 5. The Bertz CT molecular complexity index is 908. The first-order valence-corrected chi connectivity index (χ1v) is 10.6. The molecule has 10 heteroatoms. The first-order chi connectivity index (χ1) is 14.6. The van der Waals surface area contributed by atoms with Crippen molar-refractivity contribution in [2.75, 3.05) is 44.7 Å². The molecular formula is C21H23Cl2F3N4O. The van der Waals surface area contributed by atoms with E-state index in [-0.39, 0.29) is 12.5 Å². The summed E-state index contributed by atoms with van der Waals surface area (Å²) >= 11 is 12.0. The van der Waals surface area contributed by atoms with Crippen LogP contribution >= 0.6 is 23.2 Å². The van der Waals surface area contributed by atoms with Gasteiger partial charge < -0.3 is 9.80 Å². The lowest BCUT2D eigenvalue weighted by atomic mass is 10.2. The van der Waals surface area contributed by atoms with Crippen LogP contribution in [0, 0.1) is 0 Å². The minimum absolute atomic E-state index is 0.0211. The summed E-state index contributed by atoms with van der Waals surface area (Å²) in [5, 5.41) is 0.917. The van der Waals surface area contributed by atoms with Crippen LogP contribution in [0.15, 0.2) is 36.5 Å². The monoisotopic (exact) mass is 474 g/mol. The van der Waals surface area contributed by atoms with Gasteiger partial charge in [-0.05, 0) is 36.2 Å². The molecule has 3 rings (SSSR count). The molecule has 1 saturated heterocycles. The highest BCUT2D eigenvalue weighted by Crippen LogP contribution is 2.29. The van der Waals surface area contributed by atoms with E-state index < -0.39 is 11.7 Å². The van der Waals surface area contributed by atoms with E-state index in [2.05, 4.69) is 9.88 Å². The summed E-state index contributed by atoms with van der Waals surface area (Å²) < 4.78 is 38.2. The Hall–Kier alpha value is -2.03. The van der Waals surface area contributed by atoms with Crippen molar-refractivity contribution >= 4 is 34.9 Å². The highest BCUT2D eigenvalue weighted by atomic mass is 35.5. The van der Waals surface area contributed by atoms with Crippen molar-refractivity contribution < 1.29 is 18.0 Å².